The normalized spacial score (nSPS) is 11.4. The Morgan fingerprint density at radius 2 is 1.88 bits per heavy atom. The first kappa shape index (κ1) is 16.0. The monoisotopic (exact) mass is 345 g/mol. The van der Waals surface area contributed by atoms with E-state index >= 15 is 0 Å². The number of nitrogens with one attached hydrogen (secondary N) is 2. The summed E-state index contributed by atoms with van der Waals surface area (Å²) in [5.74, 6) is -0.543. The number of fused-ring (bicyclic) bond motifs is 1. The number of aromatic nitrogens is 1. The maximum atomic E-state index is 12.4. The second-order valence-electron chi connectivity index (χ2n) is 5.25. The fourth-order valence-electron chi connectivity index (χ4n) is 2.30. The van der Waals surface area contributed by atoms with Crippen LogP contribution in [0.15, 0.2) is 53.1 Å². The van der Waals surface area contributed by atoms with Crippen LogP contribution >= 0.6 is 0 Å². The van der Waals surface area contributed by atoms with Crippen molar-refractivity contribution in [1.82, 2.24) is 5.16 Å². The van der Waals surface area contributed by atoms with Gasteiger partial charge in [0, 0.05) is 18.0 Å². The summed E-state index contributed by atoms with van der Waals surface area (Å²) >= 11 is 0. The molecule has 0 saturated carbocycles. The molecule has 0 radical (unpaired) electrons. The van der Waals surface area contributed by atoms with Crippen molar-refractivity contribution in [1.29, 1.82) is 0 Å². The summed E-state index contributed by atoms with van der Waals surface area (Å²) in [6.45, 7) is 1.38. The number of hydrogen-bond acceptors (Lipinski definition) is 5. The van der Waals surface area contributed by atoms with Crippen molar-refractivity contribution < 1.29 is 17.7 Å². The van der Waals surface area contributed by atoms with Gasteiger partial charge in [-0.2, -0.15) is 0 Å². The Morgan fingerprint density at radius 1 is 1.12 bits per heavy atom. The van der Waals surface area contributed by atoms with Gasteiger partial charge in [-0.3, -0.25) is 9.52 Å². The van der Waals surface area contributed by atoms with E-state index in [2.05, 4.69) is 15.2 Å². The second-order valence-corrected chi connectivity index (χ2v) is 6.97. The lowest BCUT2D eigenvalue weighted by Gasteiger charge is -2.09. The smallest absolute Gasteiger partial charge is 0.238 e. The number of benzene rings is 2. The minimum absolute atomic E-state index is 0.232. The van der Waals surface area contributed by atoms with Crippen molar-refractivity contribution in [3.05, 3.63) is 54.2 Å². The number of sulfonamides is 1. The van der Waals surface area contributed by atoms with Crippen molar-refractivity contribution in [3.8, 4) is 0 Å². The Balaban J connectivity index is 1.80. The van der Waals surface area contributed by atoms with Gasteiger partial charge in [0.1, 0.15) is 11.4 Å². The Bertz CT molecular complexity index is 995. The summed E-state index contributed by atoms with van der Waals surface area (Å²) in [5.41, 5.74) is 1.75. The Hall–Kier alpha value is -2.87. The predicted octanol–water partition coefficient (Wildman–Crippen LogP) is 2.73. The zero-order valence-corrected chi connectivity index (χ0v) is 13.6. The molecule has 3 aromatic rings. The van der Waals surface area contributed by atoms with Crippen LogP contribution in [0.5, 0.6) is 0 Å². The van der Waals surface area contributed by atoms with Gasteiger partial charge in [0.2, 0.25) is 15.9 Å². The number of anilines is 2. The van der Waals surface area contributed by atoms with Crippen molar-refractivity contribution in [2.24, 2.45) is 0 Å². The van der Waals surface area contributed by atoms with Gasteiger partial charge in [-0.25, -0.2) is 8.42 Å². The summed E-state index contributed by atoms with van der Waals surface area (Å²) in [6.07, 6.45) is 0. The Morgan fingerprint density at radius 3 is 2.67 bits per heavy atom. The summed E-state index contributed by atoms with van der Waals surface area (Å²) in [4.78, 5) is 11.1. The molecule has 1 amide bonds. The van der Waals surface area contributed by atoms with Crippen molar-refractivity contribution in [2.45, 2.75) is 12.7 Å². The molecule has 1 aromatic heterocycles. The third kappa shape index (κ3) is 3.72. The molecular formula is C16H15N3O4S. The fraction of sp³-hybridized carbons (Fsp3) is 0.125. The van der Waals surface area contributed by atoms with E-state index in [1.165, 1.54) is 6.92 Å². The van der Waals surface area contributed by atoms with E-state index in [0.717, 1.165) is 0 Å². The number of hydrogen-bond donors (Lipinski definition) is 2. The molecule has 0 fully saturated rings. The topological polar surface area (TPSA) is 101 Å². The van der Waals surface area contributed by atoms with Crippen molar-refractivity contribution in [3.63, 3.8) is 0 Å². The van der Waals surface area contributed by atoms with Gasteiger partial charge >= 0.3 is 0 Å². The Labute approximate surface area is 138 Å². The van der Waals surface area contributed by atoms with E-state index in [1.54, 1.807) is 48.5 Å². The molecule has 24 heavy (non-hydrogen) atoms. The highest BCUT2D eigenvalue weighted by Gasteiger charge is 2.17. The van der Waals surface area contributed by atoms with Gasteiger partial charge < -0.3 is 9.84 Å². The van der Waals surface area contributed by atoms with E-state index in [9.17, 15) is 13.2 Å². The van der Waals surface area contributed by atoms with Gasteiger partial charge in [0.15, 0.2) is 5.58 Å². The van der Waals surface area contributed by atoms with Gasteiger partial charge in [-0.15, -0.1) is 0 Å². The molecule has 0 unspecified atom stereocenters. The van der Waals surface area contributed by atoms with Crippen LogP contribution in [0.3, 0.4) is 0 Å². The average molecular weight is 345 g/mol. The predicted molar refractivity (Wildman–Crippen MR) is 91.0 cm³/mol. The second kappa shape index (κ2) is 6.32. The number of nitrogens with zero attached hydrogens (tertiary/aromatic N) is 1. The number of rotatable bonds is 5. The lowest BCUT2D eigenvalue weighted by atomic mass is 10.2. The molecule has 0 spiro atoms. The molecule has 3 rings (SSSR count). The lowest BCUT2D eigenvalue weighted by Crippen LogP contribution is -2.15. The van der Waals surface area contributed by atoms with E-state index in [1.807, 2.05) is 0 Å². The summed E-state index contributed by atoms with van der Waals surface area (Å²) in [5, 5.41) is 7.09. The highest BCUT2D eigenvalue weighted by Crippen LogP contribution is 2.22. The van der Waals surface area contributed by atoms with Gasteiger partial charge in [0.25, 0.3) is 0 Å². The molecule has 2 aromatic carbocycles. The van der Waals surface area contributed by atoms with Crippen LogP contribution in [0.4, 0.5) is 11.4 Å². The molecule has 1 heterocycles. The summed E-state index contributed by atoms with van der Waals surface area (Å²) < 4.78 is 32.3. The highest BCUT2D eigenvalue weighted by atomic mass is 32.2. The van der Waals surface area contributed by atoms with Gasteiger partial charge in [0.05, 0.1) is 5.69 Å². The first-order chi connectivity index (χ1) is 11.4. The molecule has 7 nitrogen and oxygen atoms in total. The highest BCUT2D eigenvalue weighted by molar-refractivity contribution is 7.91. The summed E-state index contributed by atoms with van der Waals surface area (Å²) in [7, 11) is -3.68. The van der Waals surface area contributed by atoms with Crippen LogP contribution in [-0.2, 0) is 20.6 Å². The van der Waals surface area contributed by atoms with E-state index in [4.69, 9.17) is 4.52 Å². The van der Waals surface area contributed by atoms with Gasteiger partial charge in [-0.1, -0.05) is 23.4 Å². The quantitative estimate of drug-likeness (QED) is 0.740. The third-order valence-corrected chi connectivity index (χ3v) is 4.44. The molecule has 0 aliphatic carbocycles. The minimum atomic E-state index is -3.68. The van der Waals surface area contributed by atoms with Crippen LogP contribution in [0.1, 0.15) is 12.6 Å². The van der Waals surface area contributed by atoms with Crippen LogP contribution in [0.25, 0.3) is 11.0 Å². The summed E-state index contributed by atoms with van der Waals surface area (Å²) in [6, 6.07) is 13.5. The number of carbonyl (C=O) groups is 1. The zero-order chi connectivity index (χ0) is 17.2. The maximum Gasteiger partial charge on any atom is 0.238 e. The standard InChI is InChI=1S/C16H15N3O4S/c1-11(20)17-12-5-4-6-13(9-12)19-24(21,22)10-15-14-7-2-3-8-16(14)23-18-15/h2-9,19H,10H2,1H3,(H,17,20). The van der Waals surface area contributed by atoms with E-state index in [-0.39, 0.29) is 11.7 Å². The van der Waals surface area contributed by atoms with Crippen LogP contribution < -0.4 is 10.0 Å². The molecule has 0 atom stereocenters. The number of carbonyl (C=O) groups excluding carboxylic acids is 1. The zero-order valence-electron chi connectivity index (χ0n) is 12.8. The maximum absolute atomic E-state index is 12.4. The largest absolute Gasteiger partial charge is 0.356 e. The molecule has 0 aliphatic rings. The van der Waals surface area contributed by atoms with E-state index in [0.29, 0.717) is 28.0 Å². The van der Waals surface area contributed by atoms with Crippen molar-refractivity contribution in [2.75, 3.05) is 10.0 Å². The fourth-order valence-corrected chi connectivity index (χ4v) is 3.43. The third-order valence-electron chi connectivity index (χ3n) is 3.24. The average Bonchev–Trinajstić information content (AvgIpc) is 2.89. The van der Waals surface area contributed by atoms with Crippen LogP contribution in [0, 0.1) is 0 Å². The van der Waals surface area contributed by atoms with E-state index < -0.39 is 10.0 Å². The first-order valence-electron chi connectivity index (χ1n) is 7.14. The van der Waals surface area contributed by atoms with Crippen LogP contribution in [-0.4, -0.2) is 19.5 Å². The molecule has 2 N–H and O–H groups in total. The molecule has 124 valence electrons. The molecule has 0 bridgehead atoms. The first-order valence-corrected chi connectivity index (χ1v) is 8.80. The van der Waals surface area contributed by atoms with Gasteiger partial charge in [-0.05, 0) is 30.3 Å². The number of amides is 1. The molecule has 8 heteroatoms. The molecular weight excluding hydrogens is 330 g/mol. The minimum Gasteiger partial charge on any atom is -0.356 e. The number of para-hydroxylation sites is 1. The Kier molecular flexibility index (Phi) is 4.22. The molecule has 0 saturated heterocycles. The van der Waals surface area contributed by atoms with Crippen molar-refractivity contribution >= 4 is 38.3 Å². The molecule has 0 aliphatic heterocycles. The lowest BCUT2D eigenvalue weighted by molar-refractivity contribution is -0.114. The SMILES string of the molecule is CC(=O)Nc1cccc(NS(=O)(=O)Cc2noc3ccccc23)c1. The van der Waals surface area contributed by atoms with Crippen LogP contribution in [0.2, 0.25) is 0 Å².